The summed E-state index contributed by atoms with van der Waals surface area (Å²) in [5, 5.41) is 4.58. The molecule has 1 saturated carbocycles. The molecule has 3 nitrogen and oxygen atoms in total. The van der Waals surface area contributed by atoms with Gasteiger partial charge in [0, 0.05) is 37.4 Å². The highest BCUT2D eigenvalue weighted by atomic mass is 32.1. The van der Waals surface area contributed by atoms with E-state index in [0.717, 1.165) is 24.7 Å². The van der Waals surface area contributed by atoms with Gasteiger partial charge in [-0.15, -0.1) is 0 Å². The van der Waals surface area contributed by atoms with E-state index in [1.54, 1.807) is 0 Å². The first kappa shape index (κ1) is 16.6. The average Bonchev–Trinajstić information content (AvgIpc) is 2.57. The number of piperazine rings is 1. The van der Waals surface area contributed by atoms with Crippen LogP contribution in [0.3, 0.4) is 0 Å². The van der Waals surface area contributed by atoms with Crippen molar-refractivity contribution in [2.45, 2.75) is 58.0 Å². The Kier molecular flexibility index (Phi) is 5.42. The van der Waals surface area contributed by atoms with E-state index in [1.807, 2.05) is 0 Å². The molecular formula is C19H29N3S. The van der Waals surface area contributed by atoms with Gasteiger partial charge in [-0.3, -0.25) is 0 Å². The molecule has 126 valence electrons. The molecule has 1 aromatic carbocycles. The minimum Gasteiger partial charge on any atom is -0.365 e. The maximum absolute atomic E-state index is 5.68. The smallest absolute Gasteiger partial charge is 0.169 e. The maximum atomic E-state index is 5.68. The molecule has 0 aromatic heterocycles. The van der Waals surface area contributed by atoms with Gasteiger partial charge in [0.05, 0.1) is 0 Å². The van der Waals surface area contributed by atoms with Crippen LogP contribution in [0.25, 0.3) is 0 Å². The third kappa shape index (κ3) is 4.17. The van der Waals surface area contributed by atoms with E-state index >= 15 is 0 Å². The van der Waals surface area contributed by atoms with Crippen molar-refractivity contribution in [3.05, 3.63) is 29.8 Å². The summed E-state index contributed by atoms with van der Waals surface area (Å²) in [7, 11) is 0. The second-order valence-electron chi connectivity index (χ2n) is 7.11. The molecule has 0 bridgehead atoms. The van der Waals surface area contributed by atoms with Gasteiger partial charge < -0.3 is 15.1 Å². The van der Waals surface area contributed by atoms with Crippen LogP contribution in [-0.4, -0.2) is 41.7 Å². The largest absolute Gasteiger partial charge is 0.365 e. The van der Waals surface area contributed by atoms with Crippen LogP contribution in [0.4, 0.5) is 5.69 Å². The SMILES string of the molecule is Cc1ccc(N2CCN(C(=S)NC3CCCCC3)CC2C)cc1. The first-order valence-corrected chi connectivity index (χ1v) is 9.43. The fourth-order valence-corrected chi connectivity index (χ4v) is 4.11. The van der Waals surface area contributed by atoms with Crippen LogP contribution in [0.2, 0.25) is 0 Å². The van der Waals surface area contributed by atoms with Crippen molar-refractivity contribution in [1.29, 1.82) is 0 Å². The topological polar surface area (TPSA) is 18.5 Å². The van der Waals surface area contributed by atoms with Crippen molar-refractivity contribution in [3.63, 3.8) is 0 Å². The van der Waals surface area contributed by atoms with Gasteiger partial charge in [0.2, 0.25) is 0 Å². The first-order valence-electron chi connectivity index (χ1n) is 9.02. The van der Waals surface area contributed by atoms with Crippen molar-refractivity contribution in [3.8, 4) is 0 Å². The van der Waals surface area contributed by atoms with Crippen LogP contribution in [0.15, 0.2) is 24.3 Å². The molecule has 23 heavy (non-hydrogen) atoms. The number of rotatable bonds is 2. The van der Waals surface area contributed by atoms with E-state index in [4.69, 9.17) is 12.2 Å². The normalized spacial score (nSPS) is 23.0. The summed E-state index contributed by atoms with van der Waals surface area (Å²) in [6, 6.07) is 9.95. The second-order valence-corrected chi connectivity index (χ2v) is 7.50. The van der Waals surface area contributed by atoms with Gasteiger partial charge in [-0.1, -0.05) is 37.0 Å². The lowest BCUT2D eigenvalue weighted by atomic mass is 9.96. The molecular weight excluding hydrogens is 302 g/mol. The van der Waals surface area contributed by atoms with Gasteiger partial charge in [0.15, 0.2) is 5.11 Å². The van der Waals surface area contributed by atoms with Gasteiger partial charge in [0.1, 0.15) is 0 Å². The molecule has 1 saturated heterocycles. The standard InChI is InChI=1S/C19H29N3S/c1-15-8-10-18(11-9-15)22-13-12-21(14-16(22)2)19(23)20-17-6-4-3-5-7-17/h8-11,16-17H,3-7,12-14H2,1-2H3,(H,20,23). The zero-order valence-electron chi connectivity index (χ0n) is 14.4. The predicted molar refractivity (Wildman–Crippen MR) is 102 cm³/mol. The summed E-state index contributed by atoms with van der Waals surface area (Å²) in [6.45, 7) is 7.50. The number of anilines is 1. The van der Waals surface area contributed by atoms with Crippen LogP contribution in [-0.2, 0) is 0 Å². The molecule has 1 aliphatic carbocycles. The Labute approximate surface area is 146 Å². The Balaban J connectivity index is 1.55. The lowest BCUT2D eigenvalue weighted by molar-refractivity contribution is 0.321. The molecule has 2 aliphatic rings. The van der Waals surface area contributed by atoms with Crippen molar-refractivity contribution < 1.29 is 0 Å². The summed E-state index contributed by atoms with van der Waals surface area (Å²) in [6.07, 6.45) is 6.63. The minimum absolute atomic E-state index is 0.484. The summed E-state index contributed by atoms with van der Waals surface area (Å²) in [4.78, 5) is 4.86. The third-order valence-corrected chi connectivity index (χ3v) is 5.59. The zero-order valence-corrected chi connectivity index (χ0v) is 15.2. The highest BCUT2D eigenvalue weighted by Crippen LogP contribution is 2.22. The minimum atomic E-state index is 0.484. The quantitative estimate of drug-likeness (QED) is 0.832. The Hall–Kier alpha value is -1.29. The summed E-state index contributed by atoms with van der Waals surface area (Å²) >= 11 is 5.68. The Morgan fingerprint density at radius 2 is 1.78 bits per heavy atom. The number of hydrogen-bond donors (Lipinski definition) is 1. The molecule has 0 amide bonds. The number of aryl methyl sites for hydroxylation is 1. The van der Waals surface area contributed by atoms with Crippen molar-refractivity contribution in [1.82, 2.24) is 10.2 Å². The molecule has 1 unspecified atom stereocenters. The van der Waals surface area contributed by atoms with E-state index in [-0.39, 0.29) is 0 Å². The van der Waals surface area contributed by atoms with E-state index in [0.29, 0.717) is 12.1 Å². The fraction of sp³-hybridized carbons (Fsp3) is 0.632. The molecule has 1 aromatic rings. The highest BCUT2D eigenvalue weighted by Gasteiger charge is 2.26. The monoisotopic (exact) mass is 331 g/mol. The Morgan fingerprint density at radius 1 is 1.09 bits per heavy atom. The van der Waals surface area contributed by atoms with Gasteiger partial charge in [-0.2, -0.15) is 0 Å². The highest BCUT2D eigenvalue weighted by molar-refractivity contribution is 7.80. The van der Waals surface area contributed by atoms with Gasteiger partial charge in [-0.25, -0.2) is 0 Å². The van der Waals surface area contributed by atoms with E-state index < -0.39 is 0 Å². The van der Waals surface area contributed by atoms with Crippen LogP contribution in [0, 0.1) is 6.92 Å². The second kappa shape index (κ2) is 7.52. The van der Waals surface area contributed by atoms with E-state index in [1.165, 1.54) is 43.4 Å². The zero-order chi connectivity index (χ0) is 16.2. The van der Waals surface area contributed by atoms with E-state index in [2.05, 4.69) is 53.2 Å². The molecule has 1 atom stereocenters. The molecule has 2 fully saturated rings. The number of benzene rings is 1. The maximum Gasteiger partial charge on any atom is 0.169 e. The Bertz CT molecular complexity index is 522. The van der Waals surface area contributed by atoms with Gasteiger partial charge in [0.25, 0.3) is 0 Å². The fourth-order valence-electron chi connectivity index (χ4n) is 3.77. The van der Waals surface area contributed by atoms with Crippen molar-refractivity contribution >= 4 is 23.0 Å². The molecule has 0 spiro atoms. The van der Waals surface area contributed by atoms with E-state index in [9.17, 15) is 0 Å². The number of nitrogens with one attached hydrogen (secondary N) is 1. The van der Waals surface area contributed by atoms with Crippen molar-refractivity contribution in [2.24, 2.45) is 0 Å². The van der Waals surface area contributed by atoms with Crippen LogP contribution in [0.1, 0.15) is 44.6 Å². The van der Waals surface area contributed by atoms with Gasteiger partial charge >= 0.3 is 0 Å². The average molecular weight is 332 g/mol. The van der Waals surface area contributed by atoms with Crippen LogP contribution < -0.4 is 10.2 Å². The molecule has 1 heterocycles. The molecule has 0 radical (unpaired) electrons. The van der Waals surface area contributed by atoms with Crippen LogP contribution >= 0.6 is 12.2 Å². The predicted octanol–water partition coefficient (Wildman–Crippen LogP) is 3.71. The molecule has 4 heteroatoms. The number of nitrogens with zero attached hydrogens (tertiary/aromatic N) is 2. The third-order valence-electron chi connectivity index (χ3n) is 5.21. The van der Waals surface area contributed by atoms with Crippen molar-refractivity contribution in [2.75, 3.05) is 24.5 Å². The summed E-state index contributed by atoms with van der Waals surface area (Å²) < 4.78 is 0. The summed E-state index contributed by atoms with van der Waals surface area (Å²) in [5.41, 5.74) is 2.65. The molecule has 3 rings (SSSR count). The molecule has 1 aliphatic heterocycles. The van der Waals surface area contributed by atoms with Crippen LogP contribution in [0.5, 0.6) is 0 Å². The Morgan fingerprint density at radius 3 is 2.43 bits per heavy atom. The lowest BCUT2D eigenvalue weighted by Gasteiger charge is -2.43. The first-order chi connectivity index (χ1) is 11.1. The van der Waals surface area contributed by atoms with Gasteiger partial charge in [-0.05, 0) is 51.0 Å². The summed E-state index contributed by atoms with van der Waals surface area (Å²) in [5.74, 6) is 0. The molecule has 1 N–H and O–H groups in total. The number of thiocarbonyl (C=S) groups is 1. The number of hydrogen-bond acceptors (Lipinski definition) is 2. The lowest BCUT2D eigenvalue weighted by Crippen LogP contribution is -2.57.